The first kappa shape index (κ1) is 11.6. The largest absolute Gasteiger partial charge is 0.316 e. The predicted molar refractivity (Wildman–Crippen MR) is 66.3 cm³/mol. The van der Waals surface area contributed by atoms with E-state index < -0.39 is 0 Å². The van der Waals surface area contributed by atoms with Crippen molar-refractivity contribution in [3.8, 4) is 0 Å². The first-order valence-electron chi connectivity index (χ1n) is 6.35. The second-order valence-electron chi connectivity index (χ2n) is 5.19. The van der Waals surface area contributed by atoms with Gasteiger partial charge in [-0.1, -0.05) is 19.8 Å². The Balaban J connectivity index is 2.00. The molecule has 16 heavy (non-hydrogen) atoms. The highest BCUT2D eigenvalue weighted by atomic mass is 15.2. The van der Waals surface area contributed by atoms with Crippen molar-refractivity contribution in [1.29, 1.82) is 0 Å². The predicted octanol–water partition coefficient (Wildman–Crippen LogP) is 1.99. The maximum atomic E-state index is 4.24. The Bertz CT molecular complexity index is 332. The Hall–Kier alpha value is -0.830. The molecular weight excluding hydrogens is 198 g/mol. The Kier molecular flexibility index (Phi) is 3.64. The highest BCUT2D eigenvalue weighted by molar-refractivity contribution is 5.07. The van der Waals surface area contributed by atoms with Gasteiger partial charge in [-0.25, -0.2) is 0 Å². The van der Waals surface area contributed by atoms with Gasteiger partial charge in [-0.2, -0.15) is 5.10 Å². The average molecular weight is 221 g/mol. The zero-order chi connectivity index (χ0) is 11.5. The molecular formula is C13H23N3. The third-order valence-electron chi connectivity index (χ3n) is 4.03. The van der Waals surface area contributed by atoms with Gasteiger partial charge in [0.2, 0.25) is 0 Å². The highest BCUT2D eigenvalue weighted by Crippen LogP contribution is 2.34. The van der Waals surface area contributed by atoms with E-state index in [9.17, 15) is 0 Å². The van der Waals surface area contributed by atoms with E-state index in [1.54, 1.807) is 0 Å². The van der Waals surface area contributed by atoms with Gasteiger partial charge in [-0.15, -0.1) is 0 Å². The van der Waals surface area contributed by atoms with Gasteiger partial charge >= 0.3 is 0 Å². The molecule has 3 heteroatoms. The lowest BCUT2D eigenvalue weighted by molar-refractivity contribution is 0.308. The Labute approximate surface area is 98.2 Å². The van der Waals surface area contributed by atoms with Gasteiger partial charge in [0.05, 0.1) is 6.20 Å². The van der Waals surface area contributed by atoms with E-state index in [1.807, 2.05) is 17.9 Å². The molecule has 0 saturated heterocycles. The number of nitrogens with zero attached hydrogens (tertiary/aromatic N) is 2. The molecule has 0 spiro atoms. The van der Waals surface area contributed by atoms with Gasteiger partial charge in [-0.05, 0) is 37.3 Å². The van der Waals surface area contributed by atoms with Crippen LogP contribution in [0.15, 0.2) is 12.4 Å². The third kappa shape index (κ3) is 2.46. The summed E-state index contributed by atoms with van der Waals surface area (Å²) in [6.07, 6.45) is 9.41. The molecule has 1 aromatic heterocycles. The molecule has 0 aliphatic heterocycles. The molecule has 2 rings (SSSR count). The minimum atomic E-state index is 0.613. The van der Waals surface area contributed by atoms with E-state index in [-0.39, 0.29) is 0 Å². The van der Waals surface area contributed by atoms with Crippen molar-refractivity contribution in [3.05, 3.63) is 18.0 Å². The van der Waals surface area contributed by atoms with Crippen LogP contribution in [0, 0.1) is 11.8 Å². The number of nitrogens with one attached hydrogen (secondary N) is 1. The van der Waals surface area contributed by atoms with Crippen molar-refractivity contribution < 1.29 is 0 Å². The third-order valence-corrected chi connectivity index (χ3v) is 4.03. The fraction of sp³-hybridized carbons (Fsp3) is 0.769. The van der Waals surface area contributed by atoms with Crippen LogP contribution in [0.25, 0.3) is 0 Å². The van der Waals surface area contributed by atoms with Crippen molar-refractivity contribution in [2.24, 2.45) is 18.9 Å². The van der Waals surface area contributed by atoms with Gasteiger partial charge in [-0.3, -0.25) is 4.68 Å². The summed E-state index contributed by atoms with van der Waals surface area (Å²) in [7, 11) is 4.07. The number of likely N-dealkylation sites (N-methyl/N-ethyl adjacent to an activating group) is 1. The molecule has 0 aromatic carbocycles. The normalized spacial score (nSPS) is 27.2. The van der Waals surface area contributed by atoms with Gasteiger partial charge in [0.15, 0.2) is 0 Å². The van der Waals surface area contributed by atoms with Crippen LogP contribution >= 0.6 is 0 Å². The Morgan fingerprint density at radius 2 is 2.38 bits per heavy atom. The van der Waals surface area contributed by atoms with E-state index in [2.05, 4.69) is 30.6 Å². The topological polar surface area (TPSA) is 29.9 Å². The molecule has 0 bridgehead atoms. The number of aromatic nitrogens is 2. The molecule has 1 heterocycles. The van der Waals surface area contributed by atoms with E-state index >= 15 is 0 Å². The monoisotopic (exact) mass is 221 g/mol. The van der Waals surface area contributed by atoms with Gasteiger partial charge in [0, 0.05) is 19.3 Å². The molecule has 1 aliphatic rings. The van der Waals surface area contributed by atoms with E-state index in [1.165, 1.54) is 24.8 Å². The molecule has 1 aliphatic carbocycles. The van der Waals surface area contributed by atoms with Crippen LogP contribution in [0.5, 0.6) is 0 Å². The standard InChI is InChI=1S/C13H23N3/c1-10-5-4-6-12(10)13(14-2)7-11-8-15-16(3)9-11/h8-10,12-14H,4-7H2,1-3H3. The summed E-state index contributed by atoms with van der Waals surface area (Å²) in [5.41, 5.74) is 1.35. The first-order valence-corrected chi connectivity index (χ1v) is 6.35. The Morgan fingerprint density at radius 3 is 2.88 bits per heavy atom. The molecule has 1 fully saturated rings. The molecule has 3 unspecified atom stereocenters. The minimum absolute atomic E-state index is 0.613. The van der Waals surface area contributed by atoms with Crippen LogP contribution in [0.2, 0.25) is 0 Å². The van der Waals surface area contributed by atoms with Crippen LogP contribution in [0.4, 0.5) is 0 Å². The van der Waals surface area contributed by atoms with Crippen LogP contribution in [0.1, 0.15) is 31.7 Å². The molecule has 1 saturated carbocycles. The fourth-order valence-corrected chi connectivity index (χ4v) is 3.07. The summed E-state index contributed by atoms with van der Waals surface area (Å²) in [4.78, 5) is 0. The lowest BCUT2D eigenvalue weighted by Gasteiger charge is -2.26. The Morgan fingerprint density at radius 1 is 1.56 bits per heavy atom. The fourth-order valence-electron chi connectivity index (χ4n) is 3.07. The molecule has 3 nitrogen and oxygen atoms in total. The second kappa shape index (κ2) is 5.00. The smallest absolute Gasteiger partial charge is 0.0522 e. The van der Waals surface area contributed by atoms with Crippen molar-refractivity contribution in [3.63, 3.8) is 0 Å². The zero-order valence-electron chi connectivity index (χ0n) is 10.6. The SMILES string of the molecule is CNC(Cc1cnn(C)c1)C1CCCC1C. The molecule has 1 N–H and O–H groups in total. The number of rotatable bonds is 4. The quantitative estimate of drug-likeness (QED) is 0.842. The molecule has 0 amide bonds. The van der Waals surface area contributed by atoms with Crippen LogP contribution in [0.3, 0.4) is 0 Å². The number of hydrogen-bond donors (Lipinski definition) is 1. The van der Waals surface area contributed by atoms with Crippen LogP contribution < -0.4 is 5.32 Å². The van der Waals surface area contributed by atoms with E-state index in [4.69, 9.17) is 0 Å². The first-order chi connectivity index (χ1) is 7.70. The molecule has 90 valence electrons. The number of hydrogen-bond acceptors (Lipinski definition) is 2. The maximum Gasteiger partial charge on any atom is 0.0522 e. The molecule has 0 radical (unpaired) electrons. The highest BCUT2D eigenvalue weighted by Gasteiger charge is 2.30. The summed E-state index contributed by atoms with van der Waals surface area (Å²) >= 11 is 0. The molecule has 3 atom stereocenters. The summed E-state index contributed by atoms with van der Waals surface area (Å²) in [5.74, 6) is 1.71. The van der Waals surface area contributed by atoms with Crippen LogP contribution in [-0.4, -0.2) is 22.9 Å². The lowest BCUT2D eigenvalue weighted by atomic mass is 9.87. The van der Waals surface area contributed by atoms with Crippen molar-refractivity contribution in [1.82, 2.24) is 15.1 Å². The average Bonchev–Trinajstić information content (AvgIpc) is 2.84. The van der Waals surface area contributed by atoms with Crippen molar-refractivity contribution in [2.45, 2.75) is 38.6 Å². The van der Waals surface area contributed by atoms with Gasteiger partial charge in [0.25, 0.3) is 0 Å². The van der Waals surface area contributed by atoms with E-state index in [0.717, 1.165) is 18.3 Å². The van der Waals surface area contributed by atoms with Crippen LogP contribution in [-0.2, 0) is 13.5 Å². The lowest BCUT2D eigenvalue weighted by Crippen LogP contribution is -2.36. The second-order valence-corrected chi connectivity index (χ2v) is 5.19. The van der Waals surface area contributed by atoms with E-state index in [0.29, 0.717) is 6.04 Å². The van der Waals surface area contributed by atoms with Gasteiger partial charge < -0.3 is 5.32 Å². The maximum absolute atomic E-state index is 4.24. The summed E-state index contributed by atoms with van der Waals surface area (Å²) in [6.45, 7) is 2.39. The summed E-state index contributed by atoms with van der Waals surface area (Å²) in [6, 6.07) is 0.613. The van der Waals surface area contributed by atoms with Crippen molar-refractivity contribution >= 4 is 0 Å². The summed E-state index contributed by atoms with van der Waals surface area (Å²) < 4.78 is 1.89. The number of aryl methyl sites for hydroxylation is 1. The molecule has 1 aromatic rings. The zero-order valence-corrected chi connectivity index (χ0v) is 10.6. The van der Waals surface area contributed by atoms with Crippen molar-refractivity contribution in [2.75, 3.05) is 7.05 Å². The van der Waals surface area contributed by atoms with Gasteiger partial charge in [0.1, 0.15) is 0 Å². The minimum Gasteiger partial charge on any atom is -0.316 e. The summed E-state index contributed by atoms with van der Waals surface area (Å²) in [5, 5.41) is 7.73.